The van der Waals surface area contributed by atoms with E-state index in [1.165, 1.54) is 6.20 Å². The molecule has 2 aromatic rings. The fourth-order valence-corrected chi connectivity index (χ4v) is 2.70. The first-order valence-electron chi connectivity index (χ1n) is 5.45. The Bertz CT molecular complexity index is 779. The normalized spacial score (nSPS) is 12.3. The van der Waals surface area contributed by atoms with Crippen LogP contribution in [-0.2, 0) is 16.0 Å². The summed E-state index contributed by atoms with van der Waals surface area (Å²) >= 11 is 0. The van der Waals surface area contributed by atoms with Gasteiger partial charge in [0.15, 0.2) is 5.03 Å². The van der Waals surface area contributed by atoms with E-state index in [1.807, 2.05) is 0 Å². The van der Waals surface area contributed by atoms with E-state index in [9.17, 15) is 21.6 Å². The van der Waals surface area contributed by atoms with E-state index in [-0.39, 0.29) is 4.90 Å². The second-order valence-corrected chi connectivity index (χ2v) is 5.91. The van der Waals surface area contributed by atoms with Crippen molar-refractivity contribution >= 4 is 15.8 Å². The van der Waals surface area contributed by atoms with Crippen LogP contribution in [0.5, 0.6) is 0 Å². The van der Waals surface area contributed by atoms with Crippen LogP contribution >= 0.6 is 0 Å². The van der Waals surface area contributed by atoms with Gasteiger partial charge in [-0.25, -0.2) is 13.1 Å². The van der Waals surface area contributed by atoms with E-state index < -0.39 is 32.6 Å². The molecule has 0 bridgehead atoms. The number of sulfone groups is 1. The van der Waals surface area contributed by atoms with Gasteiger partial charge in [-0.05, 0) is 30.3 Å². The number of rotatable bonds is 2. The van der Waals surface area contributed by atoms with Crippen molar-refractivity contribution < 1.29 is 21.6 Å². The lowest BCUT2D eigenvalue weighted by Gasteiger charge is -2.07. The Morgan fingerprint density at radius 1 is 1.19 bits per heavy atom. The summed E-state index contributed by atoms with van der Waals surface area (Å²) in [4.78, 5) is -0.329. The first-order chi connectivity index (χ1) is 9.62. The highest BCUT2D eigenvalue weighted by Crippen LogP contribution is 2.30. The molecule has 0 saturated heterocycles. The maximum absolute atomic E-state index is 12.4. The zero-order valence-electron chi connectivity index (χ0n) is 10.3. The molecule has 0 fully saturated rings. The van der Waals surface area contributed by atoms with E-state index in [4.69, 9.17) is 11.1 Å². The molecule has 0 amide bonds. The number of nitrogens with one attached hydrogen (secondary N) is 1. The third-order valence-electron chi connectivity index (χ3n) is 2.58. The van der Waals surface area contributed by atoms with Crippen LogP contribution in [0, 0.1) is 5.41 Å². The van der Waals surface area contributed by atoms with Gasteiger partial charge in [-0.2, -0.15) is 18.3 Å². The average molecular weight is 318 g/mol. The van der Waals surface area contributed by atoms with Crippen LogP contribution in [0.25, 0.3) is 0 Å². The molecular weight excluding hydrogens is 309 g/mol. The summed E-state index contributed by atoms with van der Waals surface area (Å²) in [7, 11) is -4.07. The number of hydrogen-bond donors (Lipinski definition) is 2. The van der Waals surface area contributed by atoms with Crippen LogP contribution in [0.15, 0.2) is 46.5 Å². The van der Waals surface area contributed by atoms with E-state index in [0.717, 1.165) is 22.9 Å². The predicted molar refractivity (Wildman–Crippen MR) is 66.4 cm³/mol. The second-order valence-electron chi connectivity index (χ2n) is 4.01. The molecule has 0 radical (unpaired) electrons. The number of nitrogens with two attached hydrogens (primary N) is 1. The van der Waals surface area contributed by atoms with Crippen LogP contribution in [-0.4, -0.2) is 24.2 Å². The molecule has 0 aliphatic heterocycles. The Hall–Kier alpha value is -2.36. The minimum Gasteiger partial charge on any atom is -0.368 e. The molecule has 10 heteroatoms. The van der Waals surface area contributed by atoms with Gasteiger partial charge in [-0.15, -0.1) is 0 Å². The number of aromatic nitrogens is 2. The molecule has 1 heterocycles. The van der Waals surface area contributed by atoms with Gasteiger partial charge in [0.2, 0.25) is 15.8 Å². The molecule has 0 unspecified atom stereocenters. The SMILES string of the molecule is N=C(N)n1ccc(S(=O)(=O)c2ccc(C(F)(F)F)cc2)n1. The lowest BCUT2D eigenvalue weighted by atomic mass is 10.2. The van der Waals surface area contributed by atoms with Crippen molar-refractivity contribution in [2.75, 3.05) is 0 Å². The molecule has 2 rings (SSSR count). The smallest absolute Gasteiger partial charge is 0.368 e. The van der Waals surface area contributed by atoms with Crippen LogP contribution in [0.2, 0.25) is 0 Å². The Morgan fingerprint density at radius 2 is 1.76 bits per heavy atom. The van der Waals surface area contributed by atoms with Gasteiger partial charge in [0.05, 0.1) is 10.5 Å². The Balaban J connectivity index is 2.41. The monoisotopic (exact) mass is 318 g/mol. The van der Waals surface area contributed by atoms with Crippen molar-refractivity contribution in [2.45, 2.75) is 16.1 Å². The first kappa shape index (κ1) is 15.0. The number of hydrogen-bond acceptors (Lipinski definition) is 4. The molecule has 0 spiro atoms. The van der Waals surface area contributed by atoms with Crippen molar-refractivity contribution in [3.8, 4) is 0 Å². The summed E-state index contributed by atoms with van der Waals surface area (Å²) in [5, 5.41) is 10.3. The summed E-state index contributed by atoms with van der Waals surface area (Å²) in [5.74, 6) is -0.483. The predicted octanol–water partition coefficient (Wildman–Crippen LogP) is 1.48. The topological polar surface area (TPSA) is 102 Å². The molecule has 112 valence electrons. The van der Waals surface area contributed by atoms with Gasteiger partial charge in [-0.3, -0.25) is 5.41 Å². The third-order valence-corrected chi connectivity index (χ3v) is 4.24. The quantitative estimate of drug-likeness (QED) is 0.646. The van der Waals surface area contributed by atoms with Crippen LogP contribution in [0.4, 0.5) is 13.2 Å². The summed E-state index contributed by atoms with van der Waals surface area (Å²) in [6.07, 6.45) is -3.38. The Morgan fingerprint density at radius 3 is 2.19 bits per heavy atom. The lowest BCUT2D eigenvalue weighted by Crippen LogP contribution is -2.21. The van der Waals surface area contributed by atoms with Gasteiger partial charge in [-0.1, -0.05) is 0 Å². The van der Waals surface area contributed by atoms with E-state index in [2.05, 4.69) is 5.10 Å². The zero-order chi connectivity index (χ0) is 15.8. The lowest BCUT2D eigenvalue weighted by molar-refractivity contribution is -0.137. The number of nitrogens with zero attached hydrogens (tertiary/aromatic N) is 2. The number of nitrogen functional groups attached to an aromatic ring is 1. The molecule has 21 heavy (non-hydrogen) atoms. The highest BCUT2D eigenvalue weighted by molar-refractivity contribution is 7.91. The minimum atomic E-state index is -4.54. The molecule has 1 aromatic heterocycles. The van der Waals surface area contributed by atoms with E-state index in [1.54, 1.807) is 0 Å². The van der Waals surface area contributed by atoms with Gasteiger partial charge < -0.3 is 5.73 Å². The highest BCUT2D eigenvalue weighted by Gasteiger charge is 2.31. The fraction of sp³-hybridized carbons (Fsp3) is 0.0909. The van der Waals surface area contributed by atoms with Crippen molar-refractivity contribution in [3.05, 3.63) is 42.1 Å². The third kappa shape index (κ3) is 2.89. The zero-order valence-corrected chi connectivity index (χ0v) is 11.1. The van der Waals surface area contributed by atoms with Crippen LogP contribution in [0.1, 0.15) is 5.56 Å². The fourth-order valence-electron chi connectivity index (χ4n) is 1.53. The maximum atomic E-state index is 12.4. The number of alkyl halides is 3. The Labute approximate surface area is 117 Å². The van der Waals surface area contributed by atoms with Crippen LogP contribution in [0.3, 0.4) is 0 Å². The van der Waals surface area contributed by atoms with Crippen molar-refractivity contribution in [1.82, 2.24) is 9.78 Å². The average Bonchev–Trinajstić information content (AvgIpc) is 2.88. The Kier molecular flexibility index (Phi) is 3.49. The number of benzene rings is 1. The number of halogens is 3. The highest BCUT2D eigenvalue weighted by atomic mass is 32.2. The second kappa shape index (κ2) is 4.88. The summed E-state index contributed by atoms with van der Waals surface area (Å²) in [6.45, 7) is 0. The maximum Gasteiger partial charge on any atom is 0.416 e. The summed E-state index contributed by atoms with van der Waals surface area (Å²) in [5.41, 5.74) is 4.19. The molecule has 0 atom stereocenters. The van der Waals surface area contributed by atoms with Gasteiger partial charge in [0.25, 0.3) is 0 Å². The summed E-state index contributed by atoms with van der Waals surface area (Å²) in [6, 6.07) is 4.16. The first-order valence-corrected chi connectivity index (χ1v) is 6.93. The van der Waals surface area contributed by atoms with Crippen molar-refractivity contribution in [2.24, 2.45) is 5.73 Å². The minimum absolute atomic E-state index is 0.329. The van der Waals surface area contributed by atoms with Crippen molar-refractivity contribution in [1.29, 1.82) is 5.41 Å². The molecular formula is C11H9F3N4O2S. The summed E-state index contributed by atoms with van der Waals surface area (Å²) < 4.78 is 62.4. The standard InChI is InChI=1S/C11H9F3N4O2S/c12-11(13,14)7-1-3-8(4-2-7)21(19,20)9-5-6-18(17-9)10(15)16/h1-6H,(H3,15,16). The molecule has 6 nitrogen and oxygen atoms in total. The van der Waals surface area contributed by atoms with E-state index >= 15 is 0 Å². The molecule has 1 aromatic carbocycles. The van der Waals surface area contributed by atoms with Gasteiger partial charge >= 0.3 is 6.18 Å². The van der Waals surface area contributed by atoms with Crippen molar-refractivity contribution in [3.63, 3.8) is 0 Å². The molecule has 0 saturated carbocycles. The molecule has 3 N–H and O–H groups in total. The van der Waals surface area contributed by atoms with Gasteiger partial charge in [0, 0.05) is 6.20 Å². The van der Waals surface area contributed by atoms with E-state index in [0.29, 0.717) is 12.1 Å². The molecule has 0 aliphatic carbocycles. The largest absolute Gasteiger partial charge is 0.416 e. The molecule has 0 aliphatic rings. The van der Waals surface area contributed by atoms with Gasteiger partial charge in [0.1, 0.15) is 0 Å². The van der Waals surface area contributed by atoms with Crippen LogP contribution < -0.4 is 5.73 Å².